The summed E-state index contributed by atoms with van der Waals surface area (Å²) in [5.41, 5.74) is -0.604. The Morgan fingerprint density at radius 1 is 1.40 bits per heavy atom. The Labute approximate surface area is 119 Å². The lowest BCUT2D eigenvalue weighted by atomic mass is 9.79. The molecule has 0 unspecified atom stereocenters. The van der Waals surface area contributed by atoms with Crippen LogP contribution in [0, 0.1) is 11.8 Å². The molecule has 1 saturated heterocycles. The maximum Gasteiger partial charge on any atom is 0.309 e. The molecule has 0 aromatic rings. The lowest BCUT2D eigenvalue weighted by Gasteiger charge is -2.33. The first-order valence-corrected chi connectivity index (χ1v) is 7.19. The molecule has 0 amide bonds. The molecule has 114 valence electrons. The quantitative estimate of drug-likeness (QED) is 0.452. The zero-order valence-corrected chi connectivity index (χ0v) is 12.2. The first-order chi connectivity index (χ1) is 9.22. The molecule has 5 heteroatoms. The monoisotopic (exact) mass is 284 g/mol. The number of ether oxygens (including phenoxy) is 1. The number of aliphatic hydroxyl groups is 3. The van der Waals surface area contributed by atoms with Gasteiger partial charge in [0.15, 0.2) is 0 Å². The van der Waals surface area contributed by atoms with Gasteiger partial charge in [-0.1, -0.05) is 6.92 Å². The van der Waals surface area contributed by atoms with E-state index >= 15 is 0 Å². The van der Waals surface area contributed by atoms with E-state index < -0.39 is 17.8 Å². The smallest absolute Gasteiger partial charge is 0.309 e. The summed E-state index contributed by atoms with van der Waals surface area (Å²) in [4.78, 5) is 11.7. The third-order valence-electron chi connectivity index (χ3n) is 4.79. The van der Waals surface area contributed by atoms with E-state index in [0.29, 0.717) is 18.4 Å². The summed E-state index contributed by atoms with van der Waals surface area (Å²) in [7, 11) is 0. The van der Waals surface area contributed by atoms with Crippen LogP contribution in [0.3, 0.4) is 0 Å². The average Bonchev–Trinajstić information content (AvgIpc) is 2.61. The van der Waals surface area contributed by atoms with Crippen molar-refractivity contribution in [1.29, 1.82) is 0 Å². The Hall–Kier alpha value is -0.910. The largest absolute Gasteiger partial charge is 0.458 e. The second-order valence-corrected chi connectivity index (χ2v) is 6.43. The summed E-state index contributed by atoms with van der Waals surface area (Å²) in [6.45, 7) is 5.15. The van der Waals surface area contributed by atoms with Gasteiger partial charge in [0.05, 0.1) is 23.7 Å². The standard InChI is InChI=1S/C15H24O5/c1-8-6-12-10(9(2)14(18)20-12)4-5-15(3,19)13(17)7-11(8)16/h6,9-13,16-17,19H,4-5,7H2,1-3H3/b8-6-/t9-,10-,11-,12-,13+,15-/m0/s1. The van der Waals surface area contributed by atoms with Crippen molar-refractivity contribution in [2.75, 3.05) is 0 Å². The molecular formula is C15H24O5. The summed E-state index contributed by atoms with van der Waals surface area (Å²) in [6.07, 6.45) is 0.644. The number of carbonyl (C=O) groups excluding carboxylic acids is 1. The second-order valence-electron chi connectivity index (χ2n) is 6.43. The zero-order valence-electron chi connectivity index (χ0n) is 12.2. The number of aliphatic hydroxyl groups excluding tert-OH is 2. The molecule has 0 aromatic carbocycles. The number of carbonyl (C=O) groups is 1. The van der Waals surface area contributed by atoms with Crippen LogP contribution >= 0.6 is 0 Å². The second kappa shape index (κ2) is 5.47. The summed E-state index contributed by atoms with van der Waals surface area (Å²) in [6, 6.07) is 0. The van der Waals surface area contributed by atoms with Gasteiger partial charge in [-0.25, -0.2) is 0 Å². The van der Waals surface area contributed by atoms with Crippen molar-refractivity contribution in [3.63, 3.8) is 0 Å². The highest BCUT2D eigenvalue weighted by atomic mass is 16.6. The highest BCUT2D eigenvalue weighted by Crippen LogP contribution is 2.37. The van der Waals surface area contributed by atoms with Gasteiger partial charge in [0.1, 0.15) is 6.10 Å². The van der Waals surface area contributed by atoms with E-state index in [-0.39, 0.29) is 30.3 Å². The molecule has 1 fully saturated rings. The van der Waals surface area contributed by atoms with Crippen LogP contribution < -0.4 is 0 Å². The lowest BCUT2D eigenvalue weighted by molar-refractivity contribution is -0.142. The SMILES string of the molecule is C/C1=C/[C@@H]2OC(=O)[C@@H](C)[C@@H]2CC[C@](C)(O)[C@H](O)C[C@@H]1O. The molecule has 1 aliphatic heterocycles. The van der Waals surface area contributed by atoms with Gasteiger partial charge in [-0.3, -0.25) is 4.79 Å². The number of hydrogen-bond donors (Lipinski definition) is 3. The molecule has 2 rings (SSSR count). The molecule has 1 aliphatic carbocycles. The molecular weight excluding hydrogens is 260 g/mol. The molecule has 1 heterocycles. The molecule has 0 spiro atoms. The van der Waals surface area contributed by atoms with Crippen molar-refractivity contribution >= 4 is 5.97 Å². The van der Waals surface area contributed by atoms with Crippen LogP contribution in [0.1, 0.15) is 40.0 Å². The molecule has 0 radical (unpaired) electrons. The van der Waals surface area contributed by atoms with E-state index in [4.69, 9.17) is 4.74 Å². The number of rotatable bonds is 0. The first kappa shape index (κ1) is 15.5. The highest BCUT2D eigenvalue weighted by molar-refractivity contribution is 5.75. The molecule has 0 saturated carbocycles. The van der Waals surface area contributed by atoms with Crippen LogP contribution in [-0.4, -0.2) is 45.2 Å². The van der Waals surface area contributed by atoms with Crippen LogP contribution in [0.25, 0.3) is 0 Å². The van der Waals surface area contributed by atoms with Gasteiger partial charge < -0.3 is 20.1 Å². The topological polar surface area (TPSA) is 87.0 Å². The number of fused-ring (bicyclic) bond motifs is 1. The van der Waals surface area contributed by atoms with Gasteiger partial charge in [-0.2, -0.15) is 0 Å². The Kier molecular flexibility index (Phi) is 4.23. The van der Waals surface area contributed by atoms with E-state index in [0.717, 1.165) is 0 Å². The average molecular weight is 284 g/mol. The Balaban J connectivity index is 2.31. The normalized spacial score (nSPS) is 49.0. The fraction of sp³-hybridized carbons (Fsp3) is 0.800. The molecule has 0 bridgehead atoms. The van der Waals surface area contributed by atoms with Crippen molar-refractivity contribution < 1.29 is 24.9 Å². The van der Waals surface area contributed by atoms with E-state index in [1.807, 2.05) is 6.92 Å². The van der Waals surface area contributed by atoms with Crippen LogP contribution in [0.5, 0.6) is 0 Å². The summed E-state index contributed by atoms with van der Waals surface area (Å²) in [5.74, 6) is -0.493. The molecule has 2 aliphatic rings. The van der Waals surface area contributed by atoms with Gasteiger partial charge in [-0.05, 0) is 38.3 Å². The van der Waals surface area contributed by atoms with E-state index in [1.54, 1.807) is 19.9 Å². The first-order valence-electron chi connectivity index (χ1n) is 7.19. The highest BCUT2D eigenvalue weighted by Gasteiger charge is 2.43. The fourth-order valence-corrected chi connectivity index (χ4v) is 3.01. The molecule has 20 heavy (non-hydrogen) atoms. The van der Waals surface area contributed by atoms with Gasteiger partial charge in [0.2, 0.25) is 0 Å². The predicted octanol–water partition coefficient (Wildman–Crippen LogP) is 0.767. The van der Waals surface area contributed by atoms with E-state index in [1.165, 1.54) is 0 Å². The van der Waals surface area contributed by atoms with Crippen molar-refractivity contribution in [3.8, 4) is 0 Å². The van der Waals surface area contributed by atoms with Gasteiger partial charge in [-0.15, -0.1) is 0 Å². The molecule has 0 aromatic heterocycles. The van der Waals surface area contributed by atoms with Crippen molar-refractivity contribution in [2.24, 2.45) is 11.8 Å². The lowest BCUT2D eigenvalue weighted by Crippen LogP contribution is -2.43. The maximum absolute atomic E-state index is 11.7. The maximum atomic E-state index is 11.7. The third-order valence-corrected chi connectivity index (χ3v) is 4.79. The van der Waals surface area contributed by atoms with Crippen molar-refractivity contribution in [2.45, 2.75) is 63.9 Å². The summed E-state index contributed by atoms with van der Waals surface area (Å²) >= 11 is 0. The van der Waals surface area contributed by atoms with Crippen molar-refractivity contribution in [3.05, 3.63) is 11.6 Å². The Morgan fingerprint density at radius 3 is 2.70 bits per heavy atom. The van der Waals surface area contributed by atoms with Gasteiger partial charge in [0.25, 0.3) is 0 Å². The van der Waals surface area contributed by atoms with Crippen molar-refractivity contribution in [1.82, 2.24) is 0 Å². The van der Waals surface area contributed by atoms with E-state index in [9.17, 15) is 20.1 Å². The summed E-state index contributed by atoms with van der Waals surface area (Å²) in [5, 5.41) is 30.5. The molecule has 6 atom stereocenters. The molecule has 5 nitrogen and oxygen atoms in total. The fourth-order valence-electron chi connectivity index (χ4n) is 3.01. The van der Waals surface area contributed by atoms with Crippen LogP contribution in [0.15, 0.2) is 11.6 Å². The zero-order chi connectivity index (χ0) is 15.1. The Morgan fingerprint density at radius 2 is 2.05 bits per heavy atom. The summed E-state index contributed by atoms with van der Waals surface area (Å²) < 4.78 is 5.35. The minimum absolute atomic E-state index is 0.0265. The van der Waals surface area contributed by atoms with Crippen LogP contribution in [0.2, 0.25) is 0 Å². The number of hydrogen-bond acceptors (Lipinski definition) is 5. The van der Waals surface area contributed by atoms with Crippen LogP contribution in [0.4, 0.5) is 0 Å². The van der Waals surface area contributed by atoms with Gasteiger partial charge in [0, 0.05) is 12.3 Å². The minimum atomic E-state index is -1.27. The van der Waals surface area contributed by atoms with E-state index in [2.05, 4.69) is 0 Å². The van der Waals surface area contributed by atoms with Crippen LogP contribution in [-0.2, 0) is 9.53 Å². The van der Waals surface area contributed by atoms with Gasteiger partial charge >= 0.3 is 5.97 Å². The Bertz CT molecular complexity index is 414. The predicted molar refractivity (Wildman–Crippen MR) is 72.8 cm³/mol. The molecule has 3 N–H and O–H groups in total. The minimum Gasteiger partial charge on any atom is -0.458 e. The number of esters is 1. The third kappa shape index (κ3) is 2.90.